The molecule has 1 heterocycles. The largest absolute Gasteiger partial charge is 0.512 e. The fourth-order valence-electron chi connectivity index (χ4n) is 3.88. The van der Waals surface area contributed by atoms with Crippen LogP contribution in [0.4, 0.5) is 0 Å². The van der Waals surface area contributed by atoms with Gasteiger partial charge >= 0.3 is 0 Å². The Morgan fingerprint density at radius 1 is 1.08 bits per heavy atom. The molecule has 2 aromatic rings. The predicted octanol–water partition coefficient (Wildman–Crippen LogP) is 5.78. The van der Waals surface area contributed by atoms with Crippen molar-refractivity contribution in [3.63, 3.8) is 0 Å². The maximum absolute atomic E-state index is 12.9. The standard InChI is InChI=1S/C21H19ClO3/c1-21(2)10-15(23)20(16(24)11-21)19-13-5-3-4-6-17(13)25-18-8-7-12(22)9-14(18)19/h3-9,19,23H,10-11H2,1-2H3/t19-/m1/s1. The highest BCUT2D eigenvalue weighted by Crippen LogP contribution is 2.51. The fourth-order valence-corrected chi connectivity index (χ4v) is 4.06. The minimum absolute atomic E-state index is 0.0126. The molecule has 1 atom stereocenters. The molecule has 4 heteroatoms. The highest BCUT2D eigenvalue weighted by atomic mass is 35.5. The van der Waals surface area contributed by atoms with E-state index in [1.807, 2.05) is 50.2 Å². The SMILES string of the molecule is CC1(C)CC(=O)C([C@@H]2c3ccccc3Oc3ccc(Cl)cc32)=C(O)C1. The number of carbonyl (C=O) groups excluding carboxylic acids is 1. The highest BCUT2D eigenvalue weighted by Gasteiger charge is 2.40. The molecule has 0 saturated carbocycles. The molecule has 2 aliphatic rings. The highest BCUT2D eigenvalue weighted by molar-refractivity contribution is 6.30. The molecule has 0 fully saturated rings. The molecule has 1 aliphatic heterocycles. The summed E-state index contributed by atoms with van der Waals surface area (Å²) in [6.07, 6.45) is 0.908. The number of hydrogen-bond donors (Lipinski definition) is 1. The summed E-state index contributed by atoms with van der Waals surface area (Å²) in [6, 6.07) is 13.0. The number of halogens is 1. The number of benzene rings is 2. The average molecular weight is 355 g/mol. The minimum Gasteiger partial charge on any atom is -0.512 e. The molecule has 0 bridgehead atoms. The van der Waals surface area contributed by atoms with Crippen molar-refractivity contribution in [3.05, 3.63) is 69.9 Å². The maximum atomic E-state index is 12.9. The van der Waals surface area contributed by atoms with Gasteiger partial charge in [0.25, 0.3) is 0 Å². The van der Waals surface area contributed by atoms with Crippen molar-refractivity contribution in [2.45, 2.75) is 32.6 Å². The van der Waals surface area contributed by atoms with Crippen LogP contribution in [0, 0.1) is 5.41 Å². The molecule has 0 radical (unpaired) electrons. The molecule has 25 heavy (non-hydrogen) atoms. The van der Waals surface area contributed by atoms with Gasteiger partial charge in [-0.3, -0.25) is 4.79 Å². The van der Waals surface area contributed by atoms with Gasteiger partial charge in [-0.05, 0) is 29.7 Å². The Morgan fingerprint density at radius 2 is 1.80 bits per heavy atom. The van der Waals surface area contributed by atoms with Gasteiger partial charge in [0, 0.05) is 40.5 Å². The normalized spacial score (nSPS) is 21.4. The molecule has 0 amide bonds. The number of fused-ring (bicyclic) bond motifs is 2. The van der Waals surface area contributed by atoms with Crippen LogP contribution in [0.3, 0.4) is 0 Å². The lowest BCUT2D eigenvalue weighted by Gasteiger charge is -2.35. The molecule has 0 saturated heterocycles. The van der Waals surface area contributed by atoms with Crippen molar-refractivity contribution in [1.82, 2.24) is 0 Å². The number of ether oxygens (including phenoxy) is 1. The smallest absolute Gasteiger partial charge is 0.163 e. The van der Waals surface area contributed by atoms with Gasteiger partial charge in [0.05, 0.1) is 0 Å². The molecule has 4 rings (SSSR count). The molecule has 0 unspecified atom stereocenters. The number of hydrogen-bond acceptors (Lipinski definition) is 3. The molecule has 1 N–H and O–H groups in total. The summed E-state index contributed by atoms with van der Waals surface area (Å²) in [4.78, 5) is 12.9. The molecule has 3 nitrogen and oxygen atoms in total. The van der Waals surface area contributed by atoms with E-state index in [0.29, 0.717) is 34.9 Å². The number of allylic oxidation sites excluding steroid dienone is 2. The third-order valence-corrected chi connectivity index (χ3v) is 5.15. The van der Waals surface area contributed by atoms with E-state index in [9.17, 15) is 9.90 Å². The van der Waals surface area contributed by atoms with Crippen molar-refractivity contribution in [2.75, 3.05) is 0 Å². The number of rotatable bonds is 1. The number of aliphatic hydroxyl groups excluding tert-OH is 1. The third-order valence-electron chi connectivity index (χ3n) is 4.92. The number of para-hydroxylation sites is 1. The van der Waals surface area contributed by atoms with Gasteiger partial charge in [-0.1, -0.05) is 43.6 Å². The lowest BCUT2D eigenvalue weighted by atomic mass is 9.70. The van der Waals surface area contributed by atoms with Crippen LogP contribution in [0.15, 0.2) is 53.8 Å². The topological polar surface area (TPSA) is 46.5 Å². The van der Waals surface area contributed by atoms with Crippen molar-refractivity contribution < 1.29 is 14.6 Å². The Morgan fingerprint density at radius 3 is 2.56 bits per heavy atom. The second kappa shape index (κ2) is 5.63. The van der Waals surface area contributed by atoms with Gasteiger partial charge < -0.3 is 9.84 Å². The van der Waals surface area contributed by atoms with Crippen LogP contribution in [-0.4, -0.2) is 10.9 Å². The zero-order valence-corrected chi connectivity index (χ0v) is 14.9. The first-order valence-electron chi connectivity index (χ1n) is 8.37. The second-order valence-electron chi connectivity index (χ2n) is 7.56. The van der Waals surface area contributed by atoms with Gasteiger partial charge in [0.1, 0.15) is 17.3 Å². The molecular weight excluding hydrogens is 336 g/mol. The van der Waals surface area contributed by atoms with Crippen LogP contribution in [0.2, 0.25) is 5.02 Å². The number of carbonyl (C=O) groups is 1. The lowest BCUT2D eigenvalue weighted by Crippen LogP contribution is -2.29. The quantitative estimate of drug-likeness (QED) is 0.706. The summed E-state index contributed by atoms with van der Waals surface area (Å²) in [5.74, 6) is 1.18. The fraction of sp³-hybridized carbons (Fsp3) is 0.286. The predicted molar refractivity (Wildman–Crippen MR) is 97.5 cm³/mol. The first-order valence-corrected chi connectivity index (χ1v) is 8.75. The van der Waals surface area contributed by atoms with Crippen LogP contribution in [-0.2, 0) is 4.79 Å². The van der Waals surface area contributed by atoms with Crippen molar-refractivity contribution in [3.8, 4) is 11.5 Å². The first-order chi connectivity index (χ1) is 11.9. The van der Waals surface area contributed by atoms with E-state index in [1.54, 1.807) is 6.07 Å². The Balaban J connectivity index is 1.96. The number of aliphatic hydroxyl groups is 1. The molecule has 0 spiro atoms. The summed E-state index contributed by atoms with van der Waals surface area (Å²) in [5.41, 5.74) is 1.94. The van der Waals surface area contributed by atoms with Gasteiger partial charge in [-0.15, -0.1) is 0 Å². The number of Topliss-reactive ketones (excluding diaryl/α,β-unsaturated/α-hetero) is 1. The minimum atomic E-state index is -0.359. The summed E-state index contributed by atoms with van der Waals surface area (Å²) in [5, 5.41) is 11.3. The van der Waals surface area contributed by atoms with E-state index in [0.717, 1.165) is 11.1 Å². The summed E-state index contributed by atoms with van der Waals surface area (Å²) >= 11 is 6.21. The van der Waals surface area contributed by atoms with Crippen LogP contribution >= 0.6 is 11.6 Å². The van der Waals surface area contributed by atoms with Crippen molar-refractivity contribution >= 4 is 17.4 Å². The average Bonchev–Trinajstić information content (AvgIpc) is 2.53. The monoisotopic (exact) mass is 354 g/mol. The van der Waals surface area contributed by atoms with Gasteiger partial charge in [-0.2, -0.15) is 0 Å². The third kappa shape index (κ3) is 2.73. The molecule has 1 aliphatic carbocycles. The molecule has 2 aromatic carbocycles. The lowest BCUT2D eigenvalue weighted by molar-refractivity contribution is -0.118. The van der Waals surface area contributed by atoms with E-state index in [4.69, 9.17) is 16.3 Å². The molecular formula is C21H19ClO3. The van der Waals surface area contributed by atoms with Crippen molar-refractivity contribution in [1.29, 1.82) is 0 Å². The van der Waals surface area contributed by atoms with Crippen LogP contribution in [0.25, 0.3) is 0 Å². The zero-order valence-electron chi connectivity index (χ0n) is 14.2. The Hall–Kier alpha value is -2.26. The second-order valence-corrected chi connectivity index (χ2v) is 7.99. The van der Waals surface area contributed by atoms with Crippen molar-refractivity contribution in [2.24, 2.45) is 5.41 Å². The van der Waals surface area contributed by atoms with E-state index in [1.165, 1.54) is 0 Å². The summed E-state index contributed by atoms with van der Waals surface area (Å²) < 4.78 is 5.99. The number of ketones is 1. The zero-order chi connectivity index (χ0) is 17.8. The first kappa shape index (κ1) is 16.2. The van der Waals surface area contributed by atoms with Crippen LogP contribution < -0.4 is 4.74 Å². The molecule has 0 aromatic heterocycles. The Labute approximate surface area is 151 Å². The van der Waals surface area contributed by atoms with Crippen LogP contribution in [0.1, 0.15) is 43.7 Å². The Kier molecular flexibility index (Phi) is 3.66. The van der Waals surface area contributed by atoms with Crippen LogP contribution in [0.5, 0.6) is 11.5 Å². The van der Waals surface area contributed by atoms with E-state index in [-0.39, 0.29) is 22.9 Å². The van der Waals surface area contributed by atoms with E-state index < -0.39 is 0 Å². The van der Waals surface area contributed by atoms with E-state index >= 15 is 0 Å². The van der Waals surface area contributed by atoms with Gasteiger partial charge in [0.2, 0.25) is 0 Å². The summed E-state index contributed by atoms with van der Waals surface area (Å²) in [7, 11) is 0. The maximum Gasteiger partial charge on any atom is 0.163 e. The van der Waals surface area contributed by atoms with Gasteiger partial charge in [0.15, 0.2) is 5.78 Å². The van der Waals surface area contributed by atoms with Gasteiger partial charge in [-0.25, -0.2) is 0 Å². The van der Waals surface area contributed by atoms with E-state index in [2.05, 4.69) is 0 Å². The Bertz CT molecular complexity index is 911. The molecule has 128 valence electrons. The summed E-state index contributed by atoms with van der Waals surface area (Å²) in [6.45, 7) is 4.00.